The molecule has 0 aliphatic heterocycles. The first-order chi connectivity index (χ1) is 9.69. The lowest BCUT2D eigenvalue weighted by molar-refractivity contribution is 0.0773. The predicted octanol–water partition coefficient (Wildman–Crippen LogP) is 3.24. The Bertz CT molecular complexity index is 612. The summed E-state index contributed by atoms with van der Waals surface area (Å²) in [4.78, 5) is 24.7. The number of nitrogens with zero attached hydrogens (tertiary/aromatic N) is 1. The summed E-state index contributed by atoms with van der Waals surface area (Å²) in [6.07, 6.45) is 0.661. The zero-order chi connectivity index (χ0) is 14.5. The third kappa shape index (κ3) is 2.79. The third-order valence-electron chi connectivity index (χ3n) is 3.19. The molecule has 1 amide bonds. The van der Waals surface area contributed by atoms with Crippen LogP contribution in [0.1, 0.15) is 34.8 Å². The van der Waals surface area contributed by atoms with E-state index in [-0.39, 0.29) is 11.7 Å². The Balaban J connectivity index is 2.32. The SMILES string of the molecule is CCN(CC)C(=O)c1cccc(-c2ccc(C=O)o2)c1. The van der Waals surface area contributed by atoms with Crippen LogP contribution in [-0.2, 0) is 0 Å². The molecule has 0 saturated heterocycles. The number of aldehydes is 1. The molecule has 0 unspecified atom stereocenters. The average molecular weight is 271 g/mol. The lowest BCUT2D eigenvalue weighted by Crippen LogP contribution is -2.30. The number of carbonyl (C=O) groups excluding carboxylic acids is 2. The molecule has 2 rings (SSSR count). The number of furan rings is 1. The molecule has 1 aromatic carbocycles. The molecule has 0 spiro atoms. The molecule has 0 atom stereocenters. The maximum absolute atomic E-state index is 12.3. The van der Waals surface area contributed by atoms with Crippen LogP contribution in [-0.4, -0.2) is 30.2 Å². The van der Waals surface area contributed by atoms with Gasteiger partial charge in [0.1, 0.15) is 5.76 Å². The summed E-state index contributed by atoms with van der Waals surface area (Å²) >= 11 is 0. The summed E-state index contributed by atoms with van der Waals surface area (Å²) in [6.45, 7) is 5.26. The fraction of sp³-hybridized carbons (Fsp3) is 0.250. The molecule has 0 bridgehead atoms. The Morgan fingerprint density at radius 2 is 1.95 bits per heavy atom. The van der Waals surface area contributed by atoms with Crippen molar-refractivity contribution >= 4 is 12.2 Å². The van der Waals surface area contributed by atoms with Crippen molar-refractivity contribution in [2.24, 2.45) is 0 Å². The van der Waals surface area contributed by atoms with Crippen LogP contribution in [0.25, 0.3) is 11.3 Å². The molecule has 2 aromatic rings. The summed E-state index contributed by atoms with van der Waals surface area (Å²) in [5.74, 6) is 0.862. The standard InChI is InChI=1S/C16H17NO3/c1-3-17(4-2)16(19)13-7-5-6-12(10-13)15-9-8-14(11-18)20-15/h5-11H,3-4H2,1-2H3. The molecule has 20 heavy (non-hydrogen) atoms. The Morgan fingerprint density at radius 1 is 1.20 bits per heavy atom. The summed E-state index contributed by atoms with van der Waals surface area (Å²) in [6, 6.07) is 10.6. The minimum Gasteiger partial charge on any atom is -0.453 e. The van der Waals surface area contributed by atoms with E-state index < -0.39 is 0 Å². The van der Waals surface area contributed by atoms with Crippen molar-refractivity contribution in [3.05, 3.63) is 47.7 Å². The highest BCUT2D eigenvalue weighted by atomic mass is 16.3. The van der Waals surface area contributed by atoms with Crippen molar-refractivity contribution in [1.29, 1.82) is 0 Å². The van der Waals surface area contributed by atoms with E-state index in [2.05, 4.69) is 0 Å². The van der Waals surface area contributed by atoms with E-state index in [0.717, 1.165) is 5.56 Å². The lowest BCUT2D eigenvalue weighted by atomic mass is 10.1. The summed E-state index contributed by atoms with van der Waals surface area (Å²) < 4.78 is 5.37. The average Bonchev–Trinajstić information content (AvgIpc) is 2.97. The Hall–Kier alpha value is -2.36. The fourth-order valence-electron chi connectivity index (χ4n) is 2.07. The fourth-order valence-corrected chi connectivity index (χ4v) is 2.07. The van der Waals surface area contributed by atoms with Crippen molar-refractivity contribution in [1.82, 2.24) is 4.90 Å². The monoisotopic (exact) mass is 271 g/mol. The molecule has 4 heteroatoms. The smallest absolute Gasteiger partial charge is 0.253 e. The number of benzene rings is 1. The van der Waals surface area contributed by atoms with E-state index in [4.69, 9.17) is 4.42 Å². The van der Waals surface area contributed by atoms with E-state index in [1.165, 1.54) is 0 Å². The van der Waals surface area contributed by atoms with Crippen LogP contribution < -0.4 is 0 Å². The van der Waals surface area contributed by atoms with Crippen molar-refractivity contribution in [3.8, 4) is 11.3 Å². The molecule has 0 aliphatic carbocycles. The van der Waals surface area contributed by atoms with Crippen LogP contribution >= 0.6 is 0 Å². The van der Waals surface area contributed by atoms with Crippen molar-refractivity contribution in [2.45, 2.75) is 13.8 Å². The van der Waals surface area contributed by atoms with E-state index in [0.29, 0.717) is 30.7 Å². The van der Waals surface area contributed by atoms with E-state index in [9.17, 15) is 9.59 Å². The van der Waals surface area contributed by atoms with Crippen LogP contribution in [0.2, 0.25) is 0 Å². The van der Waals surface area contributed by atoms with Gasteiger partial charge in [-0.25, -0.2) is 0 Å². The Labute approximate surface area is 118 Å². The van der Waals surface area contributed by atoms with Crippen LogP contribution in [0.3, 0.4) is 0 Å². The van der Waals surface area contributed by atoms with Gasteiger partial charge < -0.3 is 9.32 Å². The quantitative estimate of drug-likeness (QED) is 0.784. The van der Waals surface area contributed by atoms with Gasteiger partial charge in [-0.2, -0.15) is 0 Å². The number of rotatable bonds is 5. The highest BCUT2D eigenvalue weighted by Crippen LogP contribution is 2.23. The van der Waals surface area contributed by atoms with Crippen LogP contribution in [0.5, 0.6) is 0 Å². The van der Waals surface area contributed by atoms with Crippen LogP contribution in [0, 0.1) is 0 Å². The highest BCUT2D eigenvalue weighted by Gasteiger charge is 2.13. The molecular formula is C16H17NO3. The summed E-state index contributed by atoms with van der Waals surface area (Å²) in [5, 5.41) is 0. The Morgan fingerprint density at radius 3 is 2.55 bits per heavy atom. The highest BCUT2D eigenvalue weighted by molar-refractivity contribution is 5.95. The number of carbonyl (C=O) groups is 2. The zero-order valence-corrected chi connectivity index (χ0v) is 11.6. The first-order valence-electron chi connectivity index (χ1n) is 6.64. The van der Waals surface area contributed by atoms with Gasteiger partial charge in [-0.05, 0) is 38.1 Å². The second kappa shape index (κ2) is 6.19. The van der Waals surface area contributed by atoms with Crippen LogP contribution in [0.15, 0.2) is 40.8 Å². The predicted molar refractivity (Wildman–Crippen MR) is 76.8 cm³/mol. The second-order valence-electron chi connectivity index (χ2n) is 4.38. The largest absolute Gasteiger partial charge is 0.453 e. The van der Waals surface area contributed by atoms with Gasteiger partial charge in [-0.1, -0.05) is 12.1 Å². The molecule has 0 saturated carbocycles. The number of hydrogen-bond donors (Lipinski definition) is 0. The molecule has 0 N–H and O–H groups in total. The Kier molecular flexibility index (Phi) is 4.35. The lowest BCUT2D eigenvalue weighted by Gasteiger charge is -2.18. The van der Waals surface area contributed by atoms with Crippen molar-refractivity contribution in [3.63, 3.8) is 0 Å². The van der Waals surface area contributed by atoms with E-state index in [1.54, 1.807) is 29.2 Å². The first kappa shape index (κ1) is 14.1. The first-order valence-corrected chi connectivity index (χ1v) is 6.64. The minimum atomic E-state index is -0.000910. The van der Waals surface area contributed by atoms with Gasteiger partial charge in [0.25, 0.3) is 5.91 Å². The number of hydrogen-bond acceptors (Lipinski definition) is 3. The molecular weight excluding hydrogens is 254 g/mol. The topological polar surface area (TPSA) is 50.5 Å². The molecule has 104 valence electrons. The third-order valence-corrected chi connectivity index (χ3v) is 3.19. The van der Waals surface area contributed by atoms with Gasteiger partial charge in [0.2, 0.25) is 0 Å². The molecule has 1 heterocycles. The molecule has 0 fully saturated rings. The van der Waals surface area contributed by atoms with Gasteiger partial charge in [0.05, 0.1) is 0 Å². The number of amides is 1. The second-order valence-corrected chi connectivity index (χ2v) is 4.38. The maximum atomic E-state index is 12.3. The van der Waals surface area contributed by atoms with Crippen molar-refractivity contribution in [2.75, 3.05) is 13.1 Å². The van der Waals surface area contributed by atoms with Crippen LogP contribution in [0.4, 0.5) is 0 Å². The molecule has 0 radical (unpaired) electrons. The van der Waals surface area contributed by atoms with E-state index >= 15 is 0 Å². The van der Waals surface area contributed by atoms with Gasteiger partial charge in [0, 0.05) is 24.2 Å². The van der Waals surface area contributed by atoms with Gasteiger partial charge >= 0.3 is 0 Å². The molecule has 1 aromatic heterocycles. The molecule has 0 aliphatic rings. The zero-order valence-electron chi connectivity index (χ0n) is 11.6. The summed E-state index contributed by atoms with van der Waals surface area (Å²) in [7, 11) is 0. The summed E-state index contributed by atoms with van der Waals surface area (Å²) in [5.41, 5.74) is 1.41. The van der Waals surface area contributed by atoms with Gasteiger partial charge in [-0.15, -0.1) is 0 Å². The van der Waals surface area contributed by atoms with Gasteiger partial charge in [0.15, 0.2) is 12.0 Å². The minimum absolute atomic E-state index is 0.000910. The van der Waals surface area contributed by atoms with Gasteiger partial charge in [-0.3, -0.25) is 9.59 Å². The van der Waals surface area contributed by atoms with Crippen molar-refractivity contribution < 1.29 is 14.0 Å². The maximum Gasteiger partial charge on any atom is 0.253 e. The van der Waals surface area contributed by atoms with E-state index in [1.807, 2.05) is 26.0 Å². The normalized spacial score (nSPS) is 10.3. The molecule has 4 nitrogen and oxygen atoms in total.